The summed E-state index contributed by atoms with van der Waals surface area (Å²) in [4.78, 5) is 0.244. The van der Waals surface area contributed by atoms with Crippen molar-refractivity contribution in [3.8, 4) is 0 Å². The normalized spacial score (nSPS) is 32.6. The molecule has 0 saturated carbocycles. The predicted octanol–water partition coefficient (Wildman–Crippen LogP) is 4.82. The average molecular weight is 663 g/mol. The number of benzene rings is 1. The highest BCUT2D eigenvalue weighted by atomic mass is 32.2. The van der Waals surface area contributed by atoms with E-state index in [2.05, 4.69) is 26.7 Å². The molecule has 4 rings (SSSR count). The maximum Gasteiger partial charge on any atom is 0.178 e. The van der Waals surface area contributed by atoms with Crippen molar-refractivity contribution in [2.75, 3.05) is 32.7 Å². The number of sulfone groups is 1. The van der Waals surface area contributed by atoms with Gasteiger partial charge >= 0.3 is 0 Å². The van der Waals surface area contributed by atoms with Crippen LogP contribution >= 0.6 is 0 Å². The topological polar surface area (TPSA) is 121 Å². The van der Waals surface area contributed by atoms with Crippen LogP contribution in [0.5, 0.6) is 0 Å². The zero-order valence-corrected chi connectivity index (χ0v) is 28.3. The number of ether oxygens (including phenoxy) is 5. The number of hydrogen-bond donors (Lipinski definition) is 2. The Labute approximate surface area is 275 Å². The third kappa shape index (κ3) is 9.82. The van der Waals surface area contributed by atoms with E-state index in [0.717, 1.165) is 49.7 Å². The summed E-state index contributed by atoms with van der Waals surface area (Å²) >= 11 is 0. The smallest absolute Gasteiger partial charge is 0.178 e. The fourth-order valence-corrected chi connectivity index (χ4v) is 8.84. The highest BCUT2D eigenvalue weighted by molar-refractivity contribution is 7.91. The van der Waals surface area contributed by atoms with Crippen molar-refractivity contribution in [3.63, 3.8) is 0 Å². The Morgan fingerprint density at radius 1 is 1.04 bits per heavy atom. The lowest BCUT2D eigenvalue weighted by atomic mass is 9.83. The van der Waals surface area contributed by atoms with Crippen LogP contribution in [0.15, 0.2) is 72.2 Å². The van der Waals surface area contributed by atoms with Gasteiger partial charge < -0.3 is 33.9 Å². The fraction of sp³-hybridized carbons (Fsp3) is 0.667. The van der Waals surface area contributed by atoms with E-state index in [-0.39, 0.29) is 47.4 Å². The Morgan fingerprint density at radius 3 is 2.48 bits per heavy atom. The molecule has 3 saturated heterocycles. The maximum atomic E-state index is 13.5. The molecule has 3 heterocycles. The van der Waals surface area contributed by atoms with Crippen molar-refractivity contribution in [1.29, 1.82) is 0 Å². The standard InChI is InChI=1S/C36H54O9S/c1-6-16-42-17-10-11-28-19-25(3)32(43-28)15-14-29-18-24(2)26(4)33(44-29)21-34-31(23-46(39,40)30-12-8-7-9-13-30)36(41-5)35(45-34)20-27(38)22-37/h6-9,12-13,24,27-29,31-38H,1,3-4,10-11,14-23H2,2,5H3/t24-,27+,28+,29?,31+,32+,33?,34+,35-,36-/m1/s1. The van der Waals surface area contributed by atoms with E-state index >= 15 is 0 Å². The lowest BCUT2D eigenvalue weighted by Gasteiger charge is -2.38. The molecule has 3 aliphatic rings. The molecule has 10 heteroatoms. The molecule has 1 aromatic rings. The number of hydrogen-bond acceptors (Lipinski definition) is 9. The Bertz CT molecular complexity index is 1240. The van der Waals surface area contributed by atoms with Gasteiger partial charge in [-0.2, -0.15) is 0 Å². The van der Waals surface area contributed by atoms with Crippen LogP contribution in [0.1, 0.15) is 58.3 Å². The van der Waals surface area contributed by atoms with Gasteiger partial charge in [0.1, 0.15) is 0 Å². The minimum atomic E-state index is -3.66. The summed E-state index contributed by atoms with van der Waals surface area (Å²) in [7, 11) is -2.13. The summed E-state index contributed by atoms with van der Waals surface area (Å²) in [5.74, 6) is -0.461. The van der Waals surface area contributed by atoms with Crippen LogP contribution in [-0.2, 0) is 33.5 Å². The number of rotatable bonds is 18. The molecule has 0 radical (unpaired) electrons. The van der Waals surface area contributed by atoms with Gasteiger partial charge in [0.05, 0.1) is 72.7 Å². The van der Waals surface area contributed by atoms with Crippen LogP contribution < -0.4 is 0 Å². The zero-order chi connectivity index (χ0) is 33.3. The van der Waals surface area contributed by atoms with Crippen molar-refractivity contribution < 1.29 is 42.3 Å². The van der Waals surface area contributed by atoms with E-state index in [1.54, 1.807) is 36.4 Å². The summed E-state index contributed by atoms with van der Waals surface area (Å²) in [5.41, 5.74) is 2.10. The predicted molar refractivity (Wildman–Crippen MR) is 177 cm³/mol. The molecule has 0 aliphatic carbocycles. The van der Waals surface area contributed by atoms with Gasteiger partial charge in [0, 0.05) is 32.5 Å². The van der Waals surface area contributed by atoms with Crippen LogP contribution in [0.4, 0.5) is 0 Å². The molecule has 3 aliphatic heterocycles. The van der Waals surface area contributed by atoms with Crippen molar-refractivity contribution in [2.24, 2.45) is 11.8 Å². The zero-order valence-electron chi connectivity index (χ0n) is 27.5. The molecule has 0 spiro atoms. The highest BCUT2D eigenvalue weighted by Gasteiger charge is 2.49. The van der Waals surface area contributed by atoms with Crippen molar-refractivity contribution in [2.45, 2.75) is 112 Å². The third-order valence-electron chi connectivity index (χ3n) is 9.69. The van der Waals surface area contributed by atoms with Crippen LogP contribution in [-0.4, -0.2) is 100 Å². The Morgan fingerprint density at radius 2 is 1.78 bits per heavy atom. The number of methoxy groups -OCH3 is 1. The molecule has 46 heavy (non-hydrogen) atoms. The highest BCUT2D eigenvalue weighted by Crippen LogP contribution is 2.41. The van der Waals surface area contributed by atoms with Crippen LogP contribution in [0, 0.1) is 11.8 Å². The van der Waals surface area contributed by atoms with E-state index < -0.39 is 46.8 Å². The quantitative estimate of drug-likeness (QED) is 0.168. The first-order chi connectivity index (χ1) is 22.1. The van der Waals surface area contributed by atoms with Gasteiger partial charge in [-0.3, -0.25) is 0 Å². The second kappa shape index (κ2) is 17.5. The first-order valence-electron chi connectivity index (χ1n) is 16.7. The molecule has 2 N–H and O–H groups in total. The molecule has 1 aromatic carbocycles. The van der Waals surface area contributed by atoms with Gasteiger partial charge in [-0.1, -0.05) is 44.4 Å². The fourth-order valence-electron chi connectivity index (χ4n) is 7.16. The maximum absolute atomic E-state index is 13.5. The van der Waals surface area contributed by atoms with Crippen molar-refractivity contribution in [1.82, 2.24) is 0 Å². The summed E-state index contributed by atoms with van der Waals surface area (Å²) in [6.45, 7) is 15.3. The second-order valence-corrected chi connectivity index (χ2v) is 15.2. The van der Waals surface area contributed by atoms with Gasteiger partial charge in [-0.25, -0.2) is 8.42 Å². The van der Waals surface area contributed by atoms with Gasteiger partial charge in [-0.05, 0) is 67.7 Å². The molecular weight excluding hydrogens is 608 g/mol. The van der Waals surface area contributed by atoms with Gasteiger partial charge in [0.2, 0.25) is 0 Å². The minimum absolute atomic E-state index is 0.00786. The lowest BCUT2D eigenvalue weighted by molar-refractivity contribution is -0.0790. The Kier molecular flexibility index (Phi) is 14.0. The summed E-state index contributed by atoms with van der Waals surface area (Å²) in [5, 5.41) is 19.7. The van der Waals surface area contributed by atoms with Crippen LogP contribution in [0.3, 0.4) is 0 Å². The van der Waals surface area contributed by atoms with E-state index in [4.69, 9.17) is 23.7 Å². The van der Waals surface area contributed by atoms with Crippen molar-refractivity contribution in [3.05, 3.63) is 67.3 Å². The van der Waals surface area contributed by atoms with E-state index in [1.807, 2.05) is 0 Å². The van der Waals surface area contributed by atoms with Gasteiger partial charge in [0.15, 0.2) is 9.84 Å². The Balaban J connectivity index is 1.40. The molecule has 9 nitrogen and oxygen atoms in total. The molecule has 0 bridgehead atoms. The van der Waals surface area contributed by atoms with Crippen LogP contribution in [0.2, 0.25) is 0 Å². The minimum Gasteiger partial charge on any atom is -0.394 e. The summed E-state index contributed by atoms with van der Waals surface area (Å²) in [6, 6.07) is 8.38. The van der Waals surface area contributed by atoms with Crippen LogP contribution in [0.25, 0.3) is 0 Å². The monoisotopic (exact) mass is 662 g/mol. The molecule has 2 unspecified atom stereocenters. The lowest BCUT2D eigenvalue weighted by Crippen LogP contribution is -2.40. The molecular formula is C36H54O9S. The third-order valence-corrected chi connectivity index (χ3v) is 11.5. The second-order valence-electron chi connectivity index (χ2n) is 13.1. The van der Waals surface area contributed by atoms with Gasteiger partial charge in [-0.15, -0.1) is 6.58 Å². The molecule has 10 atom stereocenters. The largest absolute Gasteiger partial charge is 0.394 e. The SMILES string of the molecule is C=CCOCCC[C@H]1CC(=C)[C@H](CCC2C[C@@H](C)C(=C)C(C[C@@H]3O[C@H](C[C@H](O)CO)[C@H](OC)[C@H]3CS(=O)(=O)c3ccccc3)O2)O1. The first kappa shape index (κ1) is 36.9. The molecule has 3 fully saturated rings. The average Bonchev–Trinajstić information content (AvgIpc) is 3.55. The van der Waals surface area contributed by atoms with Crippen molar-refractivity contribution >= 4 is 9.84 Å². The van der Waals surface area contributed by atoms with E-state index in [9.17, 15) is 18.6 Å². The number of aliphatic hydroxyl groups is 2. The molecule has 0 aromatic heterocycles. The van der Waals surface area contributed by atoms with E-state index in [1.165, 1.54) is 7.11 Å². The van der Waals surface area contributed by atoms with Gasteiger partial charge in [0.25, 0.3) is 0 Å². The first-order valence-corrected chi connectivity index (χ1v) is 18.3. The van der Waals surface area contributed by atoms with E-state index in [0.29, 0.717) is 19.6 Å². The number of aliphatic hydroxyl groups excluding tert-OH is 2. The summed E-state index contributed by atoms with van der Waals surface area (Å²) in [6.07, 6.45) is 4.70. The molecule has 0 amide bonds. The molecule has 258 valence electrons. The summed E-state index contributed by atoms with van der Waals surface area (Å²) < 4.78 is 57.8. The Hall–Kier alpha value is -1.89.